The normalized spacial score (nSPS) is 13.2. The minimum atomic E-state index is -1.06. The number of ether oxygens (including phenoxy) is 1. The predicted molar refractivity (Wildman–Crippen MR) is 152 cm³/mol. The van der Waals surface area contributed by atoms with E-state index < -0.39 is 12.0 Å². The molecule has 1 aliphatic heterocycles. The minimum absolute atomic E-state index is 0.0154. The number of benzene rings is 1. The maximum atomic E-state index is 12.4. The number of aryl methyl sites for hydroxylation is 2. The topological polar surface area (TPSA) is 130 Å². The Morgan fingerprint density at radius 2 is 1.93 bits per heavy atom. The lowest BCUT2D eigenvalue weighted by Gasteiger charge is -2.24. The van der Waals surface area contributed by atoms with Crippen LogP contribution in [0.3, 0.4) is 0 Å². The van der Waals surface area contributed by atoms with Gasteiger partial charge in [0.25, 0.3) is 0 Å². The van der Waals surface area contributed by atoms with Crippen molar-refractivity contribution in [3.63, 3.8) is 0 Å². The Morgan fingerprint density at radius 1 is 1.05 bits per heavy atom. The summed E-state index contributed by atoms with van der Waals surface area (Å²) in [5.41, 5.74) is 2.87. The van der Waals surface area contributed by atoms with Crippen molar-refractivity contribution in [3.05, 3.63) is 78.0 Å². The first-order valence-corrected chi connectivity index (χ1v) is 14.0. The van der Waals surface area contributed by atoms with Crippen LogP contribution in [0, 0.1) is 0 Å². The number of amides is 1. The monoisotopic (exact) mass is 546 g/mol. The van der Waals surface area contributed by atoms with Crippen molar-refractivity contribution in [3.8, 4) is 5.75 Å². The molecular weight excluding hydrogens is 508 g/mol. The molecule has 0 saturated carbocycles. The van der Waals surface area contributed by atoms with Crippen molar-refractivity contribution < 1.29 is 19.4 Å². The number of carboxylic acids is 1. The highest BCUT2D eigenvalue weighted by atomic mass is 16.5. The molecule has 0 bridgehead atoms. The Balaban J connectivity index is 1.27. The molecule has 2 aromatic heterocycles. The van der Waals surface area contributed by atoms with E-state index >= 15 is 0 Å². The Labute approximate surface area is 235 Å². The summed E-state index contributed by atoms with van der Waals surface area (Å²) < 4.78 is 5.89. The summed E-state index contributed by atoms with van der Waals surface area (Å²) in [6.07, 6.45) is 9.82. The second kappa shape index (κ2) is 15.5. The molecule has 40 heavy (non-hydrogen) atoms. The number of nitrogens with one attached hydrogen (secondary N) is 2. The summed E-state index contributed by atoms with van der Waals surface area (Å²) in [4.78, 5) is 39.4. The van der Waals surface area contributed by atoms with Gasteiger partial charge in [-0.2, -0.15) is 0 Å². The average molecular weight is 547 g/mol. The zero-order valence-corrected chi connectivity index (χ0v) is 22.8. The Bertz CT molecular complexity index is 1210. The van der Waals surface area contributed by atoms with E-state index in [2.05, 4.69) is 37.6 Å². The molecule has 1 unspecified atom stereocenters. The third-order valence-electron chi connectivity index (χ3n) is 6.85. The van der Waals surface area contributed by atoms with Crippen molar-refractivity contribution in [2.24, 2.45) is 0 Å². The lowest BCUT2D eigenvalue weighted by Crippen LogP contribution is -2.44. The van der Waals surface area contributed by atoms with E-state index in [4.69, 9.17) is 9.72 Å². The van der Waals surface area contributed by atoms with E-state index in [1.165, 1.54) is 24.2 Å². The third-order valence-corrected chi connectivity index (χ3v) is 6.85. The predicted octanol–water partition coefficient (Wildman–Crippen LogP) is 3.14. The van der Waals surface area contributed by atoms with Gasteiger partial charge in [-0.3, -0.25) is 19.7 Å². The fourth-order valence-corrected chi connectivity index (χ4v) is 4.69. The summed E-state index contributed by atoms with van der Waals surface area (Å²) in [6, 6.07) is 12.9. The number of pyridine rings is 1. The van der Waals surface area contributed by atoms with Crippen LogP contribution in [0.25, 0.3) is 0 Å². The molecule has 0 saturated heterocycles. The molecule has 1 aliphatic rings. The number of carboxylic acid groups (broad SMARTS) is 1. The van der Waals surface area contributed by atoms with Gasteiger partial charge in [-0.15, -0.1) is 0 Å². The number of fused-ring (bicyclic) bond motifs is 1. The van der Waals surface area contributed by atoms with E-state index in [9.17, 15) is 14.7 Å². The standard InChI is InChI=1S/C30H38N6O4/c37-28(21-25-22-31-15-16-32-25)35-27(30(38)39)13-18-36(19-20-40-26-9-2-1-3-10-26)17-5-4-8-24-12-11-23-7-6-14-33-29(23)34-24/h1-3,9-12,15-16,22,27H,4-8,13-14,17-21H2,(H,33,34)(H,35,37)(H,38,39). The van der Waals surface area contributed by atoms with Gasteiger partial charge >= 0.3 is 5.97 Å². The Morgan fingerprint density at radius 3 is 2.73 bits per heavy atom. The van der Waals surface area contributed by atoms with Gasteiger partial charge in [-0.25, -0.2) is 9.78 Å². The van der Waals surface area contributed by atoms with Gasteiger partial charge < -0.3 is 20.5 Å². The number of aromatic nitrogens is 3. The van der Waals surface area contributed by atoms with Gasteiger partial charge in [0.05, 0.1) is 12.1 Å². The van der Waals surface area contributed by atoms with Crippen LogP contribution in [0.15, 0.2) is 61.1 Å². The fourth-order valence-electron chi connectivity index (χ4n) is 4.69. The fraction of sp³-hybridized carbons (Fsp3) is 0.433. The van der Waals surface area contributed by atoms with E-state index in [0.29, 0.717) is 25.4 Å². The highest BCUT2D eigenvalue weighted by Crippen LogP contribution is 2.20. The molecule has 3 aromatic rings. The van der Waals surface area contributed by atoms with Crippen LogP contribution < -0.4 is 15.4 Å². The second-order valence-corrected chi connectivity index (χ2v) is 9.92. The van der Waals surface area contributed by atoms with Crippen molar-refractivity contribution in [1.82, 2.24) is 25.2 Å². The van der Waals surface area contributed by atoms with Crippen molar-refractivity contribution >= 4 is 17.7 Å². The Kier molecular flexibility index (Phi) is 11.2. The van der Waals surface area contributed by atoms with Gasteiger partial charge in [0.2, 0.25) is 5.91 Å². The number of aliphatic carboxylic acids is 1. The average Bonchev–Trinajstić information content (AvgIpc) is 2.97. The molecule has 0 aliphatic carbocycles. The van der Waals surface area contributed by atoms with Crippen LogP contribution in [-0.4, -0.2) is 75.7 Å². The van der Waals surface area contributed by atoms with Crippen LogP contribution in [0.2, 0.25) is 0 Å². The molecule has 0 fully saturated rings. The minimum Gasteiger partial charge on any atom is -0.492 e. The van der Waals surface area contributed by atoms with Gasteiger partial charge in [0.1, 0.15) is 24.2 Å². The summed E-state index contributed by atoms with van der Waals surface area (Å²) in [5, 5.41) is 15.8. The number of carbonyl (C=O) groups excluding carboxylic acids is 1. The molecule has 10 nitrogen and oxygen atoms in total. The van der Waals surface area contributed by atoms with Crippen LogP contribution in [-0.2, 0) is 28.9 Å². The zero-order valence-electron chi connectivity index (χ0n) is 22.8. The van der Waals surface area contributed by atoms with Gasteiger partial charge in [0, 0.05) is 43.9 Å². The zero-order chi connectivity index (χ0) is 28.0. The Hall–Kier alpha value is -4.05. The maximum absolute atomic E-state index is 12.4. The van der Waals surface area contributed by atoms with Crippen LogP contribution in [0.1, 0.15) is 42.6 Å². The second-order valence-electron chi connectivity index (χ2n) is 9.92. The van der Waals surface area contributed by atoms with Gasteiger partial charge in [0.15, 0.2) is 0 Å². The molecule has 0 spiro atoms. The van der Waals surface area contributed by atoms with Gasteiger partial charge in [-0.1, -0.05) is 24.3 Å². The van der Waals surface area contributed by atoms with E-state index in [0.717, 1.165) is 62.5 Å². The number of rotatable bonds is 16. The molecule has 1 aromatic carbocycles. The third kappa shape index (κ3) is 9.60. The van der Waals surface area contributed by atoms with E-state index in [1.54, 1.807) is 0 Å². The maximum Gasteiger partial charge on any atom is 0.326 e. The molecule has 1 amide bonds. The van der Waals surface area contributed by atoms with Crippen molar-refractivity contribution in [2.45, 2.75) is 51.0 Å². The number of nitrogens with zero attached hydrogens (tertiary/aromatic N) is 4. The number of hydrogen-bond acceptors (Lipinski definition) is 8. The molecule has 0 radical (unpaired) electrons. The van der Waals surface area contributed by atoms with E-state index in [1.807, 2.05) is 30.3 Å². The summed E-state index contributed by atoms with van der Waals surface area (Å²) in [7, 11) is 0. The molecule has 1 atom stereocenters. The summed E-state index contributed by atoms with van der Waals surface area (Å²) in [5.74, 6) is 0.373. The number of carbonyl (C=O) groups is 2. The van der Waals surface area contributed by atoms with Crippen LogP contribution in [0.5, 0.6) is 5.75 Å². The molecule has 10 heteroatoms. The summed E-state index contributed by atoms with van der Waals surface area (Å²) >= 11 is 0. The number of unbranched alkanes of at least 4 members (excludes halogenated alkanes) is 1. The number of para-hydroxylation sites is 1. The number of anilines is 1. The van der Waals surface area contributed by atoms with E-state index in [-0.39, 0.29) is 18.7 Å². The van der Waals surface area contributed by atoms with Crippen LogP contribution >= 0.6 is 0 Å². The summed E-state index contributed by atoms with van der Waals surface area (Å²) in [6.45, 7) is 3.42. The lowest BCUT2D eigenvalue weighted by molar-refractivity contribution is -0.142. The first-order valence-electron chi connectivity index (χ1n) is 14.0. The first kappa shape index (κ1) is 28.9. The molecule has 212 valence electrons. The molecule has 3 heterocycles. The van der Waals surface area contributed by atoms with Crippen molar-refractivity contribution in [2.75, 3.05) is 38.1 Å². The van der Waals surface area contributed by atoms with Crippen molar-refractivity contribution in [1.29, 1.82) is 0 Å². The van der Waals surface area contributed by atoms with Gasteiger partial charge in [-0.05, 0) is 68.8 Å². The molecule has 3 N–H and O–H groups in total. The first-order chi connectivity index (χ1) is 19.6. The lowest BCUT2D eigenvalue weighted by atomic mass is 10.1. The quantitative estimate of drug-likeness (QED) is 0.232. The smallest absolute Gasteiger partial charge is 0.326 e. The number of hydrogen-bond donors (Lipinski definition) is 3. The molecular formula is C30H38N6O4. The SMILES string of the molecule is O=C(Cc1cnccn1)NC(CCN(CCCCc1ccc2c(n1)NCCC2)CCOc1ccccc1)C(=O)O. The highest BCUT2D eigenvalue weighted by molar-refractivity contribution is 5.84. The largest absolute Gasteiger partial charge is 0.492 e. The van der Waals surface area contributed by atoms with Crippen LogP contribution in [0.4, 0.5) is 5.82 Å². The molecule has 4 rings (SSSR count). The highest BCUT2D eigenvalue weighted by Gasteiger charge is 2.21.